The van der Waals surface area contributed by atoms with E-state index in [9.17, 15) is 0 Å². The molecule has 56 heavy (non-hydrogen) atoms. The van der Waals surface area contributed by atoms with E-state index in [2.05, 4.69) is 69.3 Å². The van der Waals surface area contributed by atoms with E-state index < -0.39 is 0 Å². The van der Waals surface area contributed by atoms with Gasteiger partial charge in [-0.05, 0) is 73.9 Å². The van der Waals surface area contributed by atoms with Crippen LogP contribution in [0.3, 0.4) is 0 Å². The van der Waals surface area contributed by atoms with Crippen molar-refractivity contribution in [2.24, 2.45) is 9.98 Å². The third-order valence-electron chi connectivity index (χ3n) is 11.6. The first kappa shape index (κ1) is 52.3. The van der Waals surface area contributed by atoms with Crippen LogP contribution >= 0.6 is 0 Å². The molecule has 0 saturated heterocycles. The van der Waals surface area contributed by atoms with Crippen LogP contribution in [-0.2, 0) is 29.3 Å². The SMILES string of the molecule is CCCCCCCCCCCCCCCCCc1cccc(N=CC(CCCCC)=Nc2cccc(CCCCCCCCCCCCCCCCC)c2)c1.[Ni]. The monoisotopic (exact) mass is 813 g/mol. The molecule has 322 valence electrons. The van der Waals surface area contributed by atoms with E-state index >= 15 is 0 Å². The van der Waals surface area contributed by atoms with Crippen molar-refractivity contribution in [1.82, 2.24) is 0 Å². The summed E-state index contributed by atoms with van der Waals surface area (Å²) in [4.78, 5) is 10.1. The Morgan fingerprint density at radius 2 is 0.714 bits per heavy atom. The first-order valence-electron chi connectivity index (χ1n) is 24.5. The second-order valence-electron chi connectivity index (χ2n) is 17.1. The van der Waals surface area contributed by atoms with Crippen LogP contribution in [0, 0.1) is 0 Å². The normalized spacial score (nSPS) is 11.8. The second kappa shape index (κ2) is 40.1. The van der Waals surface area contributed by atoms with Gasteiger partial charge in [-0.25, -0.2) is 0 Å². The van der Waals surface area contributed by atoms with Gasteiger partial charge in [0.2, 0.25) is 0 Å². The Kier molecular flexibility index (Phi) is 37.4. The molecule has 0 bridgehead atoms. The summed E-state index contributed by atoms with van der Waals surface area (Å²) in [6, 6.07) is 17.9. The van der Waals surface area contributed by atoms with Crippen LogP contribution in [0.2, 0.25) is 0 Å². The van der Waals surface area contributed by atoms with Crippen molar-refractivity contribution >= 4 is 23.3 Å². The molecule has 0 aliphatic carbocycles. The van der Waals surface area contributed by atoms with E-state index in [0.29, 0.717) is 0 Å². The van der Waals surface area contributed by atoms with Crippen molar-refractivity contribution in [3.05, 3.63) is 59.7 Å². The maximum atomic E-state index is 5.14. The first-order chi connectivity index (χ1) is 27.2. The van der Waals surface area contributed by atoms with Crippen molar-refractivity contribution in [3.8, 4) is 0 Å². The number of aryl methyl sites for hydroxylation is 2. The molecule has 0 saturated carbocycles. The van der Waals surface area contributed by atoms with Gasteiger partial charge in [-0.15, -0.1) is 0 Å². The van der Waals surface area contributed by atoms with Crippen LogP contribution in [-0.4, -0.2) is 11.9 Å². The molecule has 0 aromatic heterocycles. The standard InChI is InChI=1S/C53H90N2.Ni/c1-4-7-10-12-14-16-18-20-22-24-26-28-30-32-35-39-49-41-37-44-51(46-49)54-48-53(43-34-9-6-3)55-52-45-38-42-50(47-52)40-36-33-31-29-27-25-23-21-19-17-15-13-11-8-5-2;/h37-38,41-42,44-48H,4-36,39-40,43H2,1-3H3;. The van der Waals surface area contributed by atoms with Gasteiger partial charge >= 0.3 is 0 Å². The fourth-order valence-electron chi connectivity index (χ4n) is 7.99. The fraction of sp³-hybridized carbons (Fsp3) is 0.736. The summed E-state index contributed by atoms with van der Waals surface area (Å²) in [6.07, 6.45) is 51.4. The summed E-state index contributed by atoms with van der Waals surface area (Å²) < 4.78 is 0. The van der Waals surface area contributed by atoms with Crippen LogP contribution in [0.5, 0.6) is 0 Å². The topological polar surface area (TPSA) is 24.7 Å². The van der Waals surface area contributed by atoms with Gasteiger partial charge in [0.05, 0.1) is 17.1 Å². The molecular weight excluding hydrogens is 723 g/mol. The van der Waals surface area contributed by atoms with Gasteiger partial charge in [-0.3, -0.25) is 9.98 Å². The molecule has 0 spiro atoms. The molecule has 3 heteroatoms. The Hall–Kier alpha value is -1.73. The van der Waals surface area contributed by atoms with E-state index in [1.54, 1.807) is 0 Å². The van der Waals surface area contributed by atoms with Crippen molar-refractivity contribution in [3.63, 3.8) is 0 Å². The Morgan fingerprint density at radius 1 is 0.393 bits per heavy atom. The molecule has 0 amide bonds. The molecular formula is C53H90N2Ni. The number of hydrogen-bond acceptors (Lipinski definition) is 2. The summed E-state index contributed by atoms with van der Waals surface area (Å²) in [5, 5.41) is 0. The first-order valence-corrected chi connectivity index (χ1v) is 24.5. The Labute approximate surface area is 359 Å². The molecule has 0 atom stereocenters. The van der Waals surface area contributed by atoms with Gasteiger partial charge in [-0.1, -0.05) is 238 Å². The molecule has 0 aliphatic rings. The minimum Gasteiger partial charge on any atom is -0.255 e. The molecule has 2 rings (SSSR count). The van der Waals surface area contributed by atoms with Crippen LogP contribution in [0.1, 0.15) is 250 Å². The fourth-order valence-corrected chi connectivity index (χ4v) is 7.99. The van der Waals surface area contributed by atoms with E-state index in [-0.39, 0.29) is 16.5 Å². The largest absolute Gasteiger partial charge is 0.255 e. The molecule has 2 nitrogen and oxygen atoms in total. The zero-order valence-corrected chi connectivity index (χ0v) is 38.4. The summed E-state index contributed by atoms with van der Waals surface area (Å²) in [7, 11) is 0. The molecule has 0 radical (unpaired) electrons. The summed E-state index contributed by atoms with van der Waals surface area (Å²) in [5.74, 6) is 0. The van der Waals surface area contributed by atoms with Gasteiger partial charge < -0.3 is 0 Å². The minimum absolute atomic E-state index is 0. The number of hydrogen-bond donors (Lipinski definition) is 0. The van der Waals surface area contributed by atoms with Crippen molar-refractivity contribution in [1.29, 1.82) is 0 Å². The average molecular weight is 814 g/mol. The molecule has 0 N–H and O–H groups in total. The van der Waals surface area contributed by atoms with Crippen LogP contribution < -0.4 is 0 Å². The average Bonchev–Trinajstić information content (AvgIpc) is 3.20. The summed E-state index contributed by atoms with van der Waals surface area (Å²) >= 11 is 0. The third-order valence-corrected chi connectivity index (χ3v) is 11.6. The summed E-state index contributed by atoms with van der Waals surface area (Å²) in [5.41, 5.74) is 6.08. The predicted molar refractivity (Wildman–Crippen MR) is 250 cm³/mol. The van der Waals surface area contributed by atoms with Crippen molar-refractivity contribution in [2.45, 2.75) is 252 Å². The van der Waals surface area contributed by atoms with E-state index in [0.717, 1.165) is 36.3 Å². The number of unbranched alkanes of at least 4 members (excludes halogenated alkanes) is 30. The molecule has 0 fully saturated rings. The number of rotatable bonds is 39. The second-order valence-corrected chi connectivity index (χ2v) is 17.1. The van der Waals surface area contributed by atoms with Crippen LogP contribution in [0.15, 0.2) is 58.5 Å². The van der Waals surface area contributed by atoms with Gasteiger partial charge in [0, 0.05) is 22.7 Å². The Bertz CT molecular complexity index is 1190. The molecule has 0 aliphatic heterocycles. The maximum absolute atomic E-state index is 5.14. The van der Waals surface area contributed by atoms with Crippen LogP contribution in [0.25, 0.3) is 0 Å². The maximum Gasteiger partial charge on any atom is 0.0636 e. The Balaban J connectivity index is 0.0000157. The Morgan fingerprint density at radius 3 is 1.11 bits per heavy atom. The van der Waals surface area contributed by atoms with Gasteiger partial charge in [0.15, 0.2) is 0 Å². The van der Waals surface area contributed by atoms with E-state index in [1.165, 1.54) is 223 Å². The number of aliphatic imine (C=N–C) groups is 2. The van der Waals surface area contributed by atoms with E-state index in [4.69, 9.17) is 9.98 Å². The zero-order valence-electron chi connectivity index (χ0n) is 37.4. The predicted octanol–water partition coefficient (Wildman–Crippen LogP) is 18.6. The smallest absolute Gasteiger partial charge is 0.0636 e. The zero-order chi connectivity index (χ0) is 39.1. The summed E-state index contributed by atoms with van der Waals surface area (Å²) in [6.45, 7) is 6.88. The number of nitrogens with zero attached hydrogens (tertiary/aromatic N) is 2. The quantitative estimate of drug-likeness (QED) is 0.0365. The number of benzene rings is 2. The minimum atomic E-state index is 0. The van der Waals surface area contributed by atoms with Crippen molar-refractivity contribution in [2.75, 3.05) is 0 Å². The third kappa shape index (κ3) is 31.3. The molecule has 0 unspecified atom stereocenters. The van der Waals surface area contributed by atoms with Crippen LogP contribution in [0.4, 0.5) is 11.4 Å². The molecule has 2 aromatic rings. The van der Waals surface area contributed by atoms with Gasteiger partial charge in [0.1, 0.15) is 0 Å². The molecule has 2 aromatic carbocycles. The van der Waals surface area contributed by atoms with E-state index in [1.807, 2.05) is 6.21 Å². The molecule has 0 heterocycles. The van der Waals surface area contributed by atoms with Gasteiger partial charge in [-0.2, -0.15) is 0 Å². The van der Waals surface area contributed by atoms with Gasteiger partial charge in [0.25, 0.3) is 0 Å². The van der Waals surface area contributed by atoms with Crippen molar-refractivity contribution < 1.29 is 16.5 Å².